The lowest BCUT2D eigenvalue weighted by Gasteiger charge is -2.30. The van der Waals surface area contributed by atoms with E-state index < -0.39 is 38.4 Å². The molecule has 5 nitrogen and oxygen atoms in total. The molecule has 116 valence electrons. The molecule has 0 spiro atoms. The van der Waals surface area contributed by atoms with Gasteiger partial charge in [0.15, 0.2) is 0 Å². The molecule has 1 aliphatic rings. The first kappa shape index (κ1) is 15.8. The highest BCUT2D eigenvalue weighted by Crippen LogP contribution is 2.26. The number of carbonyl (C=O) groups is 1. The van der Waals surface area contributed by atoms with Crippen molar-refractivity contribution in [3.8, 4) is 0 Å². The molecule has 21 heavy (non-hydrogen) atoms. The minimum atomic E-state index is -4.10. The van der Waals surface area contributed by atoms with Crippen molar-refractivity contribution in [3.05, 3.63) is 29.8 Å². The number of benzene rings is 1. The van der Waals surface area contributed by atoms with Crippen LogP contribution < -0.4 is 0 Å². The molecule has 1 aliphatic heterocycles. The summed E-state index contributed by atoms with van der Waals surface area (Å²) in [6.07, 6.45) is 0.992. The third-order valence-corrected chi connectivity index (χ3v) is 5.33. The van der Waals surface area contributed by atoms with E-state index in [9.17, 15) is 22.0 Å². The normalized spacial score (nSPS) is 20.2. The number of carbonyl (C=O) groups excluding carboxylic acids is 1. The topological polar surface area (TPSA) is 63.7 Å². The van der Waals surface area contributed by atoms with E-state index in [-0.39, 0.29) is 13.1 Å². The highest BCUT2D eigenvalue weighted by Gasteiger charge is 2.35. The zero-order valence-corrected chi connectivity index (χ0v) is 12.2. The van der Waals surface area contributed by atoms with Crippen LogP contribution in [0, 0.1) is 17.6 Å². The molecule has 1 fully saturated rings. The molecule has 0 radical (unpaired) electrons. The fourth-order valence-corrected chi connectivity index (χ4v) is 3.91. The van der Waals surface area contributed by atoms with Gasteiger partial charge in [-0.15, -0.1) is 0 Å². The number of piperidine rings is 1. The summed E-state index contributed by atoms with van der Waals surface area (Å²) in [5.41, 5.74) is 0. The molecule has 0 saturated carbocycles. The van der Waals surface area contributed by atoms with E-state index >= 15 is 0 Å². The third kappa shape index (κ3) is 3.21. The first-order valence-corrected chi connectivity index (χ1v) is 7.83. The molecule has 0 aliphatic carbocycles. The van der Waals surface area contributed by atoms with Gasteiger partial charge in [0.05, 0.1) is 13.0 Å². The summed E-state index contributed by atoms with van der Waals surface area (Å²) in [6.45, 7) is 0.123. The average Bonchev–Trinajstić information content (AvgIpc) is 2.46. The maximum atomic E-state index is 13.7. The molecule has 0 bridgehead atoms. The Morgan fingerprint density at radius 2 is 2.10 bits per heavy atom. The quantitative estimate of drug-likeness (QED) is 0.793. The molecule has 1 aromatic rings. The first-order valence-electron chi connectivity index (χ1n) is 6.39. The second kappa shape index (κ2) is 6.07. The van der Waals surface area contributed by atoms with Gasteiger partial charge in [-0.1, -0.05) is 0 Å². The molecule has 0 amide bonds. The predicted octanol–water partition coefficient (Wildman–Crippen LogP) is 1.54. The first-order chi connectivity index (χ1) is 9.86. The van der Waals surface area contributed by atoms with E-state index in [0.717, 1.165) is 16.4 Å². The third-order valence-electron chi connectivity index (χ3n) is 3.43. The standard InChI is InChI=1S/C13H15F2NO4S/c1-20-13(17)9-3-2-6-16(8-9)21(18,19)12-5-4-10(14)7-11(12)15/h4-5,7,9H,2-3,6,8H2,1H3. The molecule has 8 heteroatoms. The second-order valence-electron chi connectivity index (χ2n) is 4.80. The van der Waals surface area contributed by atoms with E-state index in [0.29, 0.717) is 18.9 Å². The van der Waals surface area contributed by atoms with Crippen LogP contribution in [0.2, 0.25) is 0 Å². The van der Waals surface area contributed by atoms with Crippen LogP contribution in [-0.2, 0) is 19.6 Å². The summed E-state index contributed by atoms with van der Waals surface area (Å²) >= 11 is 0. The fourth-order valence-electron chi connectivity index (χ4n) is 2.34. The number of methoxy groups -OCH3 is 1. The van der Waals surface area contributed by atoms with Gasteiger partial charge in [-0.25, -0.2) is 17.2 Å². The Balaban J connectivity index is 2.28. The van der Waals surface area contributed by atoms with Crippen LogP contribution in [0.4, 0.5) is 8.78 Å². The van der Waals surface area contributed by atoms with Gasteiger partial charge in [-0.3, -0.25) is 4.79 Å². The molecule has 1 saturated heterocycles. The number of hydrogen-bond acceptors (Lipinski definition) is 4. The number of rotatable bonds is 3. The van der Waals surface area contributed by atoms with Crippen LogP contribution in [0.1, 0.15) is 12.8 Å². The monoisotopic (exact) mass is 319 g/mol. The zero-order valence-electron chi connectivity index (χ0n) is 11.4. The maximum absolute atomic E-state index is 13.7. The second-order valence-corrected chi connectivity index (χ2v) is 6.71. The molecule has 0 aromatic heterocycles. The van der Waals surface area contributed by atoms with Crippen molar-refractivity contribution in [2.45, 2.75) is 17.7 Å². The van der Waals surface area contributed by atoms with Gasteiger partial charge in [-0.2, -0.15) is 4.31 Å². The average molecular weight is 319 g/mol. The minimum Gasteiger partial charge on any atom is -0.469 e. The van der Waals surface area contributed by atoms with E-state index in [1.54, 1.807) is 0 Å². The van der Waals surface area contributed by atoms with Gasteiger partial charge in [0.1, 0.15) is 16.5 Å². The van der Waals surface area contributed by atoms with Gasteiger partial charge in [0.25, 0.3) is 0 Å². The Morgan fingerprint density at radius 1 is 1.38 bits per heavy atom. The Bertz CT molecular complexity index is 648. The summed E-state index contributed by atoms with van der Waals surface area (Å²) in [5.74, 6) is -3.05. The van der Waals surface area contributed by atoms with Crippen molar-refractivity contribution in [2.24, 2.45) is 5.92 Å². The largest absolute Gasteiger partial charge is 0.469 e. The Hall–Kier alpha value is -1.54. The molecule has 1 unspecified atom stereocenters. The van der Waals surface area contributed by atoms with Crippen molar-refractivity contribution in [1.29, 1.82) is 0 Å². The van der Waals surface area contributed by atoms with Crippen molar-refractivity contribution < 1.29 is 26.7 Å². The van der Waals surface area contributed by atoms with Crippen molar-refractivity contribution in [2.75, 3.05) is 20.2 Å². The van der Waals surface area contributed by atoms with Gasteiger partial charge in [0.2, 0.25) is 10.0 Å². The number of hydrogen-bond donors (Lipinski definition) is 0. The lowest BCUT2D eigenvalue weighted by atomic mass is 10.0. The Labute approximate surface area is 121 Å². The Kier molecular flexibility index (Phi) is 4.58. The molecule has 1 heterocycles. The number of nitrogens with zero attached hydrogens (tertiary/aromatic N) is 1. The molecular weight excluding hydrogens is 304 g/mol. The summed E-state index contributed by atoms with van der Waals surface area (Å²) in [7, 11) is -2.87. The van der Waals surface area contributed by atoms with Crippen LogP contribution in [-0.4, -0.2) is 38.9 Å². The molecule has 0 N–H and O–H groups in total. The van der Waals surface area contributed by atoms with E-state index in [4.69, 9.17) is 0 Å². The van der Waals surface area contributed by atoms with Crippen LogP contribution in [0.3, 0.4) is 0 Å². The van der Waals surface area contributed by atoms with E-state index in [2.05, 4.69) is 4.74 Å². The summed E-state index contributed by atoms with van der Waals surface area (Å²) in [5, 5.41) is 0. The molecule has 1 atom stereocenters. The number of esters is 1. The van der Waals surface area contributed by atoms with Crippen molar-refractivity contribution in [3.63, 3.8) is 0 Å². The van der Waals surface area contributed by atoms with E-state index in [1.165, 1.54) is 7.11 Å². The predicted molar refractivity (Wildman–Crippen MR) is 69.9 cm³/mol. The highest BCUT2D eigenvalue weighted by atomic mass is 32.2. The minimum absolute atomic E-state index is 0.0637. The zero-order chi connectivity index (χ0) is 15.6. The van der Waals surface area contributed by atoms with Gasteiger partial charge in [-0.05, 0) is 25.0 Å². The summed E-state index contributed by atoms with van der Waals surface area (Å²) < 4.78 is 57.0. The number of halogens is 2. The molecule has 2 rings (SSSR count). The maximum Gasteiger partial charge on any atom is 0.309 e. The van der Waals surface area contributed by atoms with Crippen LogP contribution in [0.15, 0.2) is 23.1 Å². The lowest BCUT2D eigenvalue weighted by molar-refractivity contribution is -0.146. The van der Waals surface area contributed by atoms with Crippen molar-refractivity contribution >= 4 is 16.0 Å². The Morgan fingerprint density at radius 3 is 2.71 bits per heavy atom. The van der Waals surface area contributed by atoms with Crippen LogP contribution in [0.25, 0.3) is 0 Å². The van der Waals surface area contributed by atoms with Crippen molar-refractivity contribution in [1.82, 2.24) is 4.31 Å². The van der Waals surface area contributed by atoms with Gasteiger partial charge >= 0.3 is 5.97 Å². The summed E-state index contributed by atoms with van der Waals surface area (Å²) in [4.78, 5) is 10.9. The summed E-state index contributed by atoms with van der Waals surface area (Å²) in [6, 6.07) is 2.30. The van der Waals surface area contributed by atoms with Gasteiger partial charge < -0.3 is 4.74 Å². The molecule has 1 aromatic carbocycles. The SMILES string of the molecule is COC(=O)C1CCCN(S(=O)(=O)c2ccc(F)cc2F)C1. The smallest absolute Gasteiger partial charge is 0.309 e. The van der Waals surface area contributed by atoms with E-state index in [1.807, 2.05) is 0 Å². The van der Waals surface area contributed by atoms with Crippen LogP contribution in [0.5, 0.6) is 0 Å². The number of ether oxygens (including phenoxy) is 1. The molecular formula is C13H15F2NO4S. The lowest BCUT2D eigenvalue weighted by Crippen LogP contribution is -2.42. The van der Waals surface area contributed by atoms with Gasteiger partial charge in [0, 0.05) is 19.2 Å². The highest BCUT2D eigenvalue weighted by molar-refractivity contribution is 7.89. The number of sulfonamides is 1. The fraction of sp³-hybridized carbons (Fsp3) is 0.462. The van der Waals surface area contributed by atoms with Crippen LogP contribution >= 0.6 is 0 Å².